The van der Waals surface area contributed by atoms with Crippen molar-refractivity contribution < 1.29 is 24.2 Å². The molecule has 0 heterocycles. The van der Waals surface area contributed by atoms with Crippen LogP contribution in [0, 0.1) is 0 Å². The number of nitrogens with two attached hydrogens (primary N) is 1. The Labute approximate surface area is 115 Å². The van der Waals surface area contributed by atoms with Gasteiger partial charge in [0.2, 0.25) is 5.91 Å². The minimum atomic E-state index is -1.37. The molecule has 0 fully saturated rings. The van der Waals surface area contributed by atoms with Crippen molar-refractivity contribution in [3.8, 4) is 0 Å². The van der Waals surface area contributed by atoms with Gasteiger partial charge in [-0.25, -0.2) is 4.79 Å². The molecule has 0 saturated carbocycles. The molecule has 1 aromatic carbocycles. The number of rotatable bonds is 7. The van der Waals surface area contributed by atoms with Gasteiger partial charge in [0.25, 0.3) is 5.91 Å². The van der Waals surface area contributed by atoms with Gasteiger partial charge in [-0.15, -0.1) is 0 Å². The van der Waals surface area contributed by atoms with Gasteiger partial charge >= 0.3 is 5.97 Å². The first kappa shape index (κ1) is 15.6. The lowest BCUT2D eigenvalue weighted by molar-refractivity contribution is -0.145. The van der Waals surface area contributed by atoms with Crippen LogP contribution in [0.5, 0.6) is 0 Å². The summed E-state index contributed by atoms with van der Waals surface area (Å²) in [6.07, 6.45) is -1.43. The topological polar surface area (TPSA) is 119 Å². The lowest BCUT2D eigenvalue weighted by Gasteiger charge is -2.19. The largest absolute Gasteiger partial charge is 0.480 e. The van der Waals surface area contributed by atoms with Gasteiger partial charge in [0.1, 0.15) is 6.04 Å². The second kappa shape index (κ2) is 7.25. The van der Waals surface area contributed by atoms with Crippen molar-refractivity contribution in [1.29, 1.82) is 0 Å². The molecular weight excluding hydrogens is 264 g/mol. The summed E-state index contributed by atoms with van der Waals surface area (Å²) < 4.78 is 5.06. The highest BCUT2D eigenvalue weighted by Gasteiger charge is 2.27. The van der Waals surface area contributed by atoms with E-state index in [1.165, 1.54) is 7.11 Å². The van der Waals surface area contributed by atoms with Gasteiger partial charge in [-0.2, -0.15) is 0 Å². The second-order valence-electron chi connectivity index (χ2n) is 4.10. The van der Waals surface area contributed by atoms with E-state index in [1.54, 1.807) is 30.3 Å². The van der Waals surface area contributed by atoms with Gasteiger partial charge in [-0.05, 0) is 5.56 Å². The first-order valence-corrected chi connectivity index (χ1v) is 5.85. The Hall–Kier alpha value is -2.41. The number of hydrogen-bond donors (Lipinski definition) is 3. The summed E-state index contributed by atoms with van der Waals surface area (Å²) in [6, 6.07) is 7.22. The zero-order valence-corrected chi connectivity index (χ0v) is 10.9. The minimum Gasteiger partial charge on any atom is -0.480 e. The van der Waals surface area contributed by atoms with E-state index in [1.807, 2.05) is 0 Å². The average Bonchev–Trinajstić information content (AvgIpc) is 2.39. The fourth-order valence-corrected chi connectivity index (χ4v) is 1.67. The van der Waals surface area contributed by atoms with E-state index < -0.39 is 36.4 Å². The maximum absolute atomic E-state index is 12.0. The van der Waals surface area contributed by atoms with Gasteiger partial charge in [-0.3, -0.25) is 9.59 Å². The van der Waals surface area contributed by atoms with E-state index in [0.717, 1.165) is 0 Å². The smallest absolute Gasteiger partial charge is 0.326 e. The van der Waals surface area contributed by atoms with Gasteiger partial charge in [-0.1, -0.05) is 30.3 Å². The van der Waals surface area contributed by atoms with Gasteiger partial charge < -0.3 is 20.9 Å². The van der Waals surface area contributed by atoms with Gasteiger partial charge in [0.05, 0.1) is 6.42 Å². The van der Waals surface area contributed by atoms with Crippen LogP contribution in [-0.2, 0) is 19.1 Å². The molecule has 0 aromatic heterocycles. The van der Waals surface area contributed by atoms with Crippen molar-refractivity contribution in [2.45, 2.75) is 18.6 Å². The van der Waals surface area contributed by atoms with Crippen LogP contribution in [0.15, 0.2) is 30.3 Å². The molecule has 0 aliphatic carbocycles. The van der Waals surface area contributed by atoms with E-state index >= 15 is 0 Å². The van der Waals surface area contributed by atoms with Crippen LogP contribution in [0.4, 0.5) is 0 Å². The number of benzene rings is 1. The summed E-state index contributed by atoms with van der Waals surface area (Å²) in [5.41, 5.74) is 5.52. The van der Waals surface area contributed by atoms with E-state index in [0.29, 0.717) is 5.56 Å². The summed E-state index contributed by atoms with van der Waals surface area (Å²) in [6.45, 7) is 0. The number of nitrogens with one attached hydrogen (secondary N) is 1. The van der Waals surface area contributed by atoms with Crippen molar-refractivity contribution in [2.75, 3.05) is 7.11 Å². The molecule has 7 nitrogen and oxygen atoms in total. The summed E-state index contributed by atoms with van der Waals surface area (Å²) in [4.78, 5) is 33.8. The number of carbonyl (C=O) groups excluding carboxylic acids is 2. The van der Waals surface area contributed by atoms with Gasteiger partial charge in [0.15, 0.2) is 6.10 Å². The molecule has 0 aliphatic rings. The number of amides is 2. The predicted molar refractivity (Wildman–Crippen MR) is 69.6 cm³/mol. The fraction of sp³-hybridized carbons (Fsp3) is 0.308. The van der Waals surface area contributed by atoms with Crippen molar-refractivity contribution in [1.82, 2.24) is 5.32 Å². The molecule has 4 N–H and O–H groups in total. The zero-order valence-electron chi connectivity index (χ0n) is 10.9. The Kier molecular flexibility index (Phi) is 5.67. The average molecular weight is 280 g/mol. The van der Waals surface area contributed by atoms with Crippen LogP contribution in [0.3, 0.4) is 0 Å². The number of methoxy groups -OCH3 is 1. The zero-order chi connectivity index (χ0) is 15.1. The number of carboxylic acid groups (broad SMARTS) is 1. The fourth-order valence-electron chi connectivity index (χ4n) is 1.67. The highest BCUT2D eigenvalue weighted by Crippen LogP contribution is 2.16. The molecule has 108 valence electrons. The van der Waals surface area contributed by atoms with Crippen LogP contribution >= 0.6 is 0 Å². The monoisotopic (exact) mass is 280 g/mol. The van der Waals surface area contributed by atoms with E-state index in [-0.39, 0.29) is 0 Å². The molecule has 0 saturated heterocycles. The SMILES string of the molecule is COC(C(=O)N[C@H](CC(N)=O)C(=O)O)c1ccccc1. The third kappa shape index (κ3) is 4.36. The standard InChI is InChI=1S/C13H16N2O5/c1-20-11(8-5-3-2-4-6-8)12(17)15-9(13(18)19)7-10(14)16/h2-6,9,11H,7H2,1H3,(H2,14,16)(H,15,17)(H,18,19)/t9-,11?/m1/s1. The summed E-state index contributed by atoms with van der Waals surface area (Å²) >= 11 is 0. The summed E-state index contributed by atoms with van der Waals surface area (Å²) in [5.74, 6) is -2.79. The second-order valence-corrected chi connectivity index (χ2v) is 4.10. The first-order chi connectivity index (χ1) is 9.45. The van der Waals surface area contributed by atoms with Crippen molar-refractivity contribution in [3.63, 3.8) is 0 Å². The normalized spacial score (nSPS) is 13.2. The predicted octanol–water partition coefficient (Wildman–Crippen LogP) is -0.181. The molecule has 2 atom stereocenters. The molecular formula is C13H16N2O5. The number of hydrogen-bond acceptors (Lipinski definition) is 4. The van der Waals surface area contributed by atoms with Crippen LogP contribution in [-0.4, -0.2) is 36.0 Å². The summed E-state index contributed by atoms with van der Waals surface area (Å²) in [7, 11) is 1.33. The third-order valence-electron chi connectivity index (χ3n) is 2.60. The number of ether oxygens (including phenoxy) is 1. The first-order valence-electron chi connectivity index (χ1n) is 5.85. The van der Waals surface area contributed by atoms with Gasteiger partial charge in [0, 0.05) is 7.11 Å². The molecule has 1 aromatic rings. The Morgan fingerprint density at radius 3 is 2.35 bits per heavy atom. The quantitative estimate of drug-likeness (QED) is 0.640. The Morgan fingerprint density at radius 2 is 1.90 bits per heavy atom. The lowest BCUT2D eigenvalue weighted by Crippen LogP contribution is -2.45. The van der Waals surface area contributed by atoms with Crippen LogP contribution in [0.1, 0.15) is 18.1 Å². The molecule has 20 heavy (non-hydrogen) atoms. The van der Waals surface area contributed by atoms with E-state index in [2.05, 4.69) is 5.32 Å². The lowest BCUT2D eigenvalue weighted by atomic mass is 10.1. The Bertz CT molecular complexity index is 489. The molecule has 7 heteroatoms. The van der Waals surface area contributed by atoms with Crippen LogP contribution < -0.4 is 11.1 Å². The van der Waals surface area contributed by atoms with E-state index in [9.17, 15) is 14.4 Å². The van der Waals surface area contributed by atoms with Crippen LogP contribution in [0.25, 0.3) is 0 Å². The number of primary amides is 1. The van der Waals surface area contributed by atoms with Crippen molar-refractivity contribution in [2.24, 2.45) is 5.73 Å². The van der Waals surface area contributed by atoms with Crippen molar-refractivity contribution >= 4 is 17.8 Å². The molecule has 2 amide bonds. The van der Waals surface area contributed by atoms with Crippen molar-refractivity contribution in [3.05, 3.63) is 35.9 Å². The Morgan fingerprint density at radius 1 is 1.30 bits per heavy atom. The maximum Gasteiger partial charge on any atom is 0.326 e. The molecule has 0 radical (unpaired) electrons. The third-order valence-corrected chi connectivity index (χ3v) is 2.60. The highest BCUT2D eigenvalue weighted by molar-refractivity contribution is 5.90. The van der Waals surface area contributed by atoms with E-state index in [4.69, 9.17) is 15.6 Å². The molecule has 0 spiro atoms. The molecule has 1 rings (SSSR count). The maximum atomic E-state index is 12.0. The molecule has 0 bridgehead atoms. The molecule has 0 aliphatic heterocycles. The summed E-state index contributed by atoms with van der Waals surface area (Å²) in [5, 5.41) is 11.2. The number of carboxylic acids is 1. The van der Waals surface area contributed by atoms with Crippen LogP contribution in [0.2, 0.25) is 0 Å². The Balaban J connectivity index is 2.81. The minimum absolute atomic E-state index is 0.480. The number of carbonyl (C=O) groups is 3. The molecule has 1 unspecified atom stereocenters. The number of aliphatic carboxylic acids is 1. The highest BCUT2D eigenvalue weighted by atomic mass is 16.5.